The van der Waals surface area contributed by atoms with Gasteiger partial charge in [-0.3, -0.25) is 4.79 Å². The van der Waals surface area contributed by atoms with Crippen molar-refractivity contribution in [3.63, 3.8) is 0 Å². The molecule has 1 aromatic carbocycles. The van der Waals surface area contributed by atoms with E-state index in [1.54, 1.807) is 18.3 Å². The zero-order valence-corrected chi connectivity index (χ0v) is 11.4. The van der Waals surface area contributed by atoms with E-state index in [0.29, 0.717) is 6.54 Å². The Morgan fingerprint density at radius 1 is 1.33 bits per heavy atom. The highest BCUT2D eigenvalue weighted by atomic mass is 32.1. The van der Waals surface area contributed by atoms with Gasteiger partial charge in [-0.1, -0.05) is 24.3 Å². The van der Waals surface area contributed by atoms with Crippen molar-refractivity contribution in [2.45, 2.75) is 26.8 Å². The van der Waals surface area contributed by atoms with Gasteiger partial charge in [0.15, 0.2) is 5.78 Å². The van der Waals surface area contributed by atoms with Crippen molar-refractivity contribution in [1.82, 2.24) is 4.98 Å². The maximum absolute atomic E-state index is 11.2. The molecular formula is C14H16N2OS. The van der Waals surface area contributed by atoms with E-state index >= 15 is 0 Å². The van der Waals surface area contributed by atoms with E-state index in [2.05, 4.69) is 4.98 Å². The number of Topliss-reactive ketones (excluding diaryl/α,β-unsaturated/α-hetero) is 1. The highest BCUT2D eigenvalue weighted by Gasteiger charge is 2.07. The third-order valence-corrected chi connectivity index (χ3v) is 4.02. The van der Waals surface area contributed by atoms with Gasteiger partial charge in [-0.15, -0.1) is 11.3 Å². The molecule has 0 bridgehead atoms. The molecule has 0 spiro atoms. The Bertz CT molecular complexity index is 558. The highest BCUT2D eigenvalue weighted by molar-refractivity contribution is 7.11. The number of nitrogens with zero attached hydrogens (tertiary/aromatic N) is 1. The summed E-state index contributed by atoms with van der Waals surface area (Å²) in [6.45, 7) is 4.08. The van der Waals surface area contributed by atoms with Crippen LogP contribution in [-0.2, 0) is 13.0 Å². The van der Waals surface area contributed by atoms with Crippen molar-refractivity contribution in [3.8, 4) is 0 Å². The molecule has 4 heteroatoms. The molecule has 0 aliphatic heterocycles. The molecule has 2 aromatic rings. The van der Waals surface area contributed by atoms with Crippen LogP contribution in [-0.4, -0.2) is 10.8 Å². The van der Waals surface area contributed by atoms with Crippen LogP contribution in [0.15, 0.2) is 24.3 Å². The largest absolute Gasteiger partial charge is 0.325 e. The Kier molecular flexibility index (Phi) is 3.89. The average molecular weight is 260 g/mol. The Morgan fingerprint density at radius 2 is 2.00 bits per heavy atom. The quantitative estimate of drug-likeness (QED) is 0.860. The van der Waals surface area contributed by atoms with E-state index in [1.807, 2.05) is 31.2 Å². The smallest absolute Gasteiger partial charge is 0.159 e. The monoisotopic (exact) mass is 260 g/mol. The molecule has 0 radical (unpaired) electrons. The molecule has 3 nitrogen and oxygen atoms in total. The number of benzene rings is 1. The third-order valence-electron chi connectivity index (χ3n) is 2.84. The van der Waals surface area contributed by atoms with E-state index in [0.717, 1.165) is 22.7 Å². The summed E-state index contributed by atoms with van der Waals surface area (Å²) in [5.41, 5.74) is 8.58. The molecule has 0 aliphatic carbocycles. The van der Waals surface area contributed by atoms with Crippen molar-refractivity contribution in [3.05, 3.63) is 51.0 Å². The van der Waals surface area contributed by atoms with Gasteiger partial charge in [0.2, 0.25) is 0 Å². The third kappa shape index (κ3) is 2.83. The number of thiazole rings is 1. The number of aromatic nitrogens is 1. The fraction of sp³-hybridized carbons (Fsp3) is 0.286. The Morgan fingerprint density at radius 3 is 2.50 bits per heavy atom. The fourth-order valence-electron chi connectivity index (χ4n) is 1.78. The summed E-state index contributed by atoms with van der Waals surface area (Å²) < 4.78 is 0. The van der Waals surface area contributed by atoms with Crippen LogP contribution in [0.4, 0.5) is 0 Å². The summed E-state index contributed by atoms with van der Waals surface area (Å²) in [4.78, 5) is 16.8. The predicted molar refractivity (Wildman–Crippen MR) is 74.0 cm³/mol. The number of nitrogens with two attached hydrogens (primary N) is 1. The van der Waals surface area contributed by atoms with Crippen LogP contribution < -0.4 is 5.73 Å². The first-order valence-corrected chi connectivity index (χ1v) is 6.67. The van der Waals surface area contributed by atoms with Crippen molar-refractivity contribution in [2.24, 2.45) is 5.73 Å². The van der Waals surface area contributed by atoms with E-state index in [1.165, 1.54) is 10.4 Å². The molecule has 18 heavy (non-hydrogen) atoms. The topological polar surface area (TPSA) is 56.0 Å². The van der Waals surface area contributed by atoms with Gasteiger partial charge in [-0.05, 0) is 19.4 Å². The van der Waals surface area contributed by atoms with Gasteiger partial charge in [-0.2, -0.15) is 0 Å². The molecule has 1 heterocycles. The standard InChI is InChI=1S/C14H16N2OS/c1-9-13(18-14(8-15)16-9)7-11-3-5-12(6-4-11)10(2)17/h3-6H,7-8,15H2,1-2H3. The number of rotatable bonds is 4. The van der Waals surface area contributed by atoms with Crippen LogP contribution in [0.25, 0.3) is 0 Å². The van der Waals surface area contributed by atoms with Crippen molar-refractivity contribution < 1.29 is 4.79 Å². The number of aryl methyl sites for hydroxylation is 1. The zero-order chi connectivity index (χ0) is 13.1. The molecule has 1 aromatic heterocycles. The Balaban J connectivity index is 2.17. The van der Waals surface area contributed by atoms with Gasteiger partial charge in [0.1, 0.15) is 5.01 Å². The normalized spacial score (nSPS) is 10.6. The van der Waals surface area contributed by atoms with Crippen molar-refractivity contribution in [1.29, 1.82) is 0 Å². The number of hydrogen-bond donors (Lipinski definition) is 1. The second kappa shape index (κ2) is 5.42. The first kappa shape index (κ1) is 12.9. The molecule has 0 saturated carbocycles. The van der Waals surface area contributed by atoms with Crippen LogP contribution >= 0.6 is 11.3 Å². The van der Waals surface area contributed by atoms with Crippen LogP contribution in [0.5, 0.6) is 0 Å². The molecule has 94 valence electrons. The second-order valence-electron chi connectivity index (χ2n) is 4.25. The summed E-state index contributed by atoms with van der Waals surface area (Å²) in [7, 11) is 0. The highest BCUT2D eigenvalue weighted by Crippen LogP contribution is 2.21. The molecule has 0 fully saturated rings. The molecule has 0 aliphatic rings. The number of carbonyl (C=O) groups is 1. The molecule has 0 saturated heterocycles. The predicted octanol–water partition coefficient (Wildman–Crippen LogP) is 2.70. The van der Waals surface area contributed by atoms with Gasteiger partial charge >= 0.3 is 0 Å². The summed E-state index contributed by atoms with van der Waals surface area (Å²) in [6.07, 6.45) is 0.849. The van der Waals surface area contributed by atoms with Crippen LogP contribution in [0, 0.1) is 6.92 Å². The van der Waals surface area contributed by atoms with E-state index in [4.69, 9.17) is 5.73 Å². The lowest BCUT2D eigenvalue weighted by molar-refractivity contribution is 0.101. The fourth-order valence-corrected chi connectivity index (χ4v) is 2.76. The van der Waals surface area contributed by atoms with Gasteiger partial charge in [0, 0.05) is 23.4 Å². The van der Waals surface area contributed by atoms with Gasteiger partial charge < -0.3 is 5.73 Å². The lowest BCUT2D eigenvalue weighted by Gasteiger charge is -2.01. The first-order chi connectivity index (χ1) is 8.60. The Hall–Kier alpha value is -1.52. The maximum atomic E-state index is 11.2. The summed E-state index contributed by atoms with van der Waals surface area (Å²) in [5, 5.41) is 0.975. The summed E-state index contributed by atoms with van der Waals surface area (Å²) in [6, 6.07) is 7.74. The molecule has 0 unspecified atom stereocenters. The maximum Gasteiger partial charge on any atom is 0.159 e. The number of ketones is 1. The number of carbonyl (C=O) groups excluding carboxylic acids is 1. The first-order valence-electron chi connectivity index (χ1n) is 5.85. The van der Waals surface area contributed by atoms with Crippen LogP contribution in [0.2, 0.25) is 0 Å². The Labute approximate surface area is 111 Å². The van der Waals surface area contributed by atoms with E-state index in [-0.39, 0.29) is 5.78 Å². The molecule has 0 amide bonds. The molecule has 0 atom stereocenters. The lowest BCUT2D eigenvalue weighted by atomic mass is 10.1. The summed E-state index contributed by atoms with van der Waals surface area (Å²) >= 11 is 1.66. The molecule has 2 N–H and O–H groups in total. The van der Waals surface area contributed by atoms with Gasteiger partial charge in [-0.25, -0.2) is 4.98 Å². The van der Waals surface area contributed by atoms with Crippen molar-refractivity contribution >= 4 is 17.1 Å². The average Bonchev–Trinajstić information content (AvgIpc) is 2.71. The molecule has 2 rings (SSSR count). The van der Waals surface area contributed by atoms with Gasteiger partial charge in [0.05, 0.1) is 5.69 Å². The van der Waals surface area contributed by atoms with E-state index in [9.17, 15) is 4.79 Å². The van der Waals surface area contributed by atoms with E-state index < -0.39 is 0 Å². The van der Waals surface area contributed by atoms with Gasteiger partial charge in [0.25, 0.3) is 0 Å². The second-order valence-corrected chi connectivity index (χ2v) is 5.42. The van der Waals surface area contributed by atoms with Crippen LogP contribution in [0.3, 0.4) is 0 Å². The minimum Gasteiger partial charge on any atom is -0.325 e. The van der Waals surface area contributed by atoms with Crippen molar-refractivity contribution in [2.75, 3.05) is 0 Å². The lowest BCUT2D eigenvalue weighted by Crippen LogP contribution is -1.94. The van der Waals surface area contributed by atoms with Crippen LogP contribution in [0.1, 0.15) is 38.4 Å². The molecular weight excluding hydrogens is 244 g/mol. The number of hydrogen-bond acceptors (Lipinski definition) is 4. The zero-order valence-electron chi connectivity index (χ0n) is 10.6. The minimum atomic E-state index is 0.0981. The minimum absolute atomic E-state index is 0.0981. The summed E-state index contributed by atoms with van der Waals surface area (Å²) in [5.74, 6) is 0.0981. The SMILES string of the molecule is CC(=O)c1ccc(Cc2sc(CN)nc2C)cc1.